The number of amides is 2. The quantitative estimate of drug-likeness (QED) is 0.739. The topological polar surface area (TPSA) is 37.4 Å². The molecule has 0 radical (unpaired) electrons. The molecule has 0 N–H and O–H groups in total. The monoisotopic (exact) mass is 277 g/mol. The molecule has 1 aromatic carbocycles. The average molecular weight is 278 g/mol. The minimum atomic E-state index is -0.146. The Bertz CT molecular complexity index is 543. The smallest absolute Gasteiger partial charge is 0.237 e. The molecule has 2 amide bonds. The van der Waals surface area contributed by atoms with Crippen LogP contribution in [0.15, 0.2) is 24.3 Å². The molecule has 3 atom stereocenters. The highest BCUT2D eigenvalue weighted by atomic mass is 35.5. The second-order valence-electron chi connectivity index (χ2n) is 5.59. The molecule has 0 unspecified atom stereocenters. The van der Waals surface area contributed by atoms with Crippen LogP contribution in [0.5, 0.6) is 0 Å². The third kappa shape index (κ3) is 1.96. The summed E-state index contributed by atoms with van der Waals surface area (Å²) in [6.07, 6.45) is 2.66. The van der Waals surface area contributed by atoms with E-state index in [0.29, 0.717) is 16.6 Å². The lowest BCUT2D eigenvalue weighted by atomic mass is 9.76. The van der Waals surface area contributed by atoms with E-state index < -0.39 is 0 Å². The number of halogens is 1. The molecule has 0 spiro atoms. The summed E-state index contributed by atoms with van der Waals surface area (Å²) in [6, 6.07) is 7.04. The largest absolute Gasteiger partial charge is 0.274 e. The van der Waals surface area contributed by atoms with Gasteiger partial charge in [-0.3, -0.25) is 9.59 Å². The van der Waals surface area contributed by atoms with E-state index in [-0.39, 0.29) is 23.7 Å². The first-order chi connectivity index (χ1) is 9.09. The maximum Gasteiger partial charge on any atom is 0.237 e. The molecule has 1 saturated heterocycles. The van der Waals surface area contributed by atoms with Gasteiger partial charge in [-0.1, -0.05) is 30.7 Å². The van der Waals surface area contributed by atoms with Gasteiger partial charge in [0.2, 0.25) is 11.8 Å². The lowest BCUT2D eigenvalue weighted by molar-refractivity contribution is -0.122. The van der Waals surface area contributed by atoms with Crippen LogP contribution in [0, 0.1) is 17.8 Å². The molecule has 0 aromatic heterocycles. The number of hydrogen-bond donors (Lipinski definition) is 0. The maximum absolute atomic E-state index is 12.5. The zero-order chi connectivity index (χ0) is 13.6. The first kappa shape index (κ1) is 12.7. The second kappa shape index (κ2) is 4.64. The minimum Gasteiger partial charge on any atom is -0.274 e. The van der Waals surface area contributed by atoms with Crippen LogP contribution in [0.4, 0.5) is 5.69 Å². The van der Waals surface area contributed by atoms with Crippen LogP contribution < -0.4 is 4.90 Å². The Morgan fingerprint density at radius 2 is 1.79 bits per heavy atom. The molecule has 1 aliphatic heterocycles. The van der Waals surface area contributed by atoms with Crippen molar-refractivity contribution in [3.05, 3.63) is 29.3 Å². The van der Waals surface area contributed by atoms with Crippen LogP contribution in [0.1, 0.15) is 26.2 Å². The highest BCUT2D eigenvalue weighted by Gasteiger charge is 2.50. The summed E-state index contributed by atoms with van der Waals surface area (Å²) in [5, 5.41) is 0.455. The molecule has 1 saturated carbocycles. The van der Waals surface area contributed by atoms with Crippen LogP contribution in [0.25, 0.3) is 0 Å². The molecule has 2 fully saturated rings. The van der Waals surface area contributed by atoms with Crippen molar-refractivity contribution < 1.29 is 9.59 Å². The zero-order valence-electron chi connectivity index (χ0n) is 10.8. The summed E-state index contributed by atoms with van der Waals surface area (Å²) >= 11 is 6.11. The van der Waals surface area contributed by atoms with Gasteiger partial charge < -0.3 is 0 Å². The molecule has 100 valence electrons. The molecule has 1 aromatic rings. The molecule has 1 aliphatic carbocycles. The molecule has 1 heterocycles. The predicted molar refractivity (Wildman–Crippen MR) is 73.9 cm³/mol. The van der Waals surface area contributed by atoms with Crippen molar-refractivity contribution >= 4 is 29.1 Å². The number of fused-ring (bicyclic) bond motifs is 1. The molecule has 2 aliphatic rings. The summed E-state index contributed by atoms with van der Waals surface area (Å²) < 4.78 is 0. The molecule has 4 heteroatoms. The molecule has 3 nitrogen and oxygen atoms in total. The number of hydrogen-bond acceptors (Lipinski definition) is 2. The van der Waals surface area contributed by atoms with Crippen LogP contribution in [-0.4, -0.2) is 11.8 Å². The lowest BCUT2D eigenvalue weighted by Crippen LogP contribution is -2.31. The van der Waals surface area contributed by atoms with Crippen LogP contribution in [0.2, 0.25) is 5.02 Å². The van der Waals surface area contributed by atoms with Gasteiger partial charge in [0.1, 0.15) is 0 Å². The van der Waals surface area contributed by atoms with E-state index in [9.17, 15) is 9.59 Å². The fourth-order valence-corrected chi connectivity index (χ4v) is 3.48. The van der Waals surface area contributed by atoms with Gasteiger partial charge in [0.05, 0.1) is 22.5 Å². The van der Waals surface area contributed by atoms with Gasteiger partial charge in [-0.05, 0) is 37.3 Å². The van der Waals surface area contributed by atoms with Crippen LogP contribution in [-0.2, 0) is 9.59 Å². The van der Waals surface area contributed by atoms with Gasteiger partial charge >= 0.3 is 0 Å². The van der Waals surface area contributed by atoms with E-state index in [1.807, 2.05) is 0 Å². The van der Waals surface area contributed by atoms with E-state index in [2.05, 4.69) is 6.92 Å². The van der Waals surface area contributed by atoms with E-state index in [1.54, 1.807) is 24.3 Å². The molecule has 19 heavy (non-hydrogen) atoms. The Balaban J connectivity index is 1.98. The van der Waals surface area contributed by atoms with Gasteiger partial charge in [-0.2, -0.15) is 0 Å². The van der Waals surface area contributed by atoms with E-state index in [1.165, 1.54) is 4.90 Å². The Kier molecular flexibility index (Phi) is 3.09. The summed E-state index contributed by atoms with van der Waals surface area (Å²) in [4.78, 5) is 26.3. The number of para-hydroxylation sites is 1. The summed E-state index contributed by atoms with van der Waals surface area (Å²) in [5.74, 6) is 0.0846. The second-order valence-corrected chi connectivity index (χ2v) is 6.00. The van der Waals surface area contributed by atoms with Crippen molar-refractivity contribution in [3.63, 3.8) is 0 Å². The van der Waals surface area contributed by atoms with Crippen molar-refractivity contribution in [1.29, 1.82) is 0 Å². The van der Waals surface area contributed by atoms with Crippen molar-refractivity contribution in [2.75, 3.05) is 4.90 Å². The maximum atomic E-state index is 12.5. The SMILES string of the molecule is C[C@@H]1CC[C@H]2C(=O)N(c3ccccc3Cl)C(=O)[C@@H]2C1. The van der Waals surface area contributed by atoms with Gasteiger partial charge in [-0.25, -0.2) is 4.90 Å². The van der Waals surface area contributed by atoms with Crippen LogP contribution in [0.3, 0.4) is 0 Å². The Morgan fingerprint density at radius 3 is 2.53 bits per heavy atom. The first-order valence-electron chi connectivity index (χ1n) is 6.72. The van der Waals surface area contributed by atoms with E-state index in [4.69, 9.17) is 11.6 Å². The third-order valence-corrected chi connectivity index (χ3v) is 4.60. The van der Waals surface area contributed by atoms with E-state index >= 15 is 0 Å². The van der Waals surface area contributed by atoms with Crippen molar-refractivity contribution in [2.24, 2.45) is 17.8 Å². The molecular weight excluding hydrogens is 262 g/mol. The number of anilines is 1. The lowest BCUT2D eigenvalue weighted by Gasteiger charge is -2.25. The normalized spacial score (nSPS) is 30.6. The Hall–Kier alpha value is -1.35. The van der Waals surface area contributed by atoms with Gasteiger partial charge in [0.15, 0.2) is 0 Å². The Morgan fingerprint density at radius 1 is 1.11 bits per heavy atom. The summed E-state index contributed by atoms with van der Waals surface area (Å²) in [5.41, 5.74) is 0.529. The molecule has 3 rings (SSSR count). The number of imide groups is 1. The fourth-order valence-electron chi connectivity index (χ4n) is 3.26. The van der Waals surface area contributed by atoms with Crippen molar-refractivity contribution in [1.82, 2.24) is 0 Å². The highest BCUT2D eigenvalue weighted by Crippen LogP contribution is 2.43. The summed E-state index contributed by atoms with van der Waals surface area (Å²) in [7, 11) is 0. The minimum absolute atomic E-state index is 0.0741. The number of carbonyl (C=O) groups excluding carboxylic acids is 2. The van der Waals surface area contributed by atoms with Gasteiger partial charge in [0, 0.05) is 0 Å². The molecular formula is C15H16ClNO2. The number of nitrogens with zero attached hydrogens (tertiary/aromatic N) is 1. The van der Waals surface area contributed by atoms with Gasteiger partial charge in [0.25, 0.3) is 0 Å². The van der Waals surface area contributed by atoms with Crippen molar-refractivity contribution in [3.8, 4) is 0 Å². The van der Waals surface area contributed by atoms with Gasteiger partial charge in [-0.15, -0.1) is 0 Å². The molecule has 0 bridgehead atoms. The number of benzene rings is 1. The number of carbonyl (C=O) groups is 2. The first-order valence-corrected chi connectivity index (χ1v) is 7.09. The predicted octanol–water partition coefficient (Wildman–Crippen LogP) is 3.27. The van der Waals surface area contributed by atoms with Crippen molar-refractivity contribution in [2.45, 2.75) is 26.2 Å². The third-order valence-electron chi connectivity index (χ3n) is 4.28. The average Bonchev–Trinajstić information content (AvgIpc) is 2.63. The fraction of sp³-hybridized carbons (Fsp3) is 0.467. The summed E-state index contributed by atoms with van der Waals surface area (Å²) in [6.45, 7) is 2.14. The highest BCUT2D eigenvalue weighted by molar-refractivity contribution is 6.36. The number of rotatable bonds is 1. The Labute approximate surface area is 117 Å². The standard InChI is InChI=1S/C15H16ClNO2/c1-9-6-7-10-11(8-9)15(19)17(14(10)18)13-5-3-2-4-12(13)16/h2-5,9-11H,6-8H2,1H3/t9-,10-,11-/m1/s1. The van der Waals surface area contributed by atoms with E-state index in [0.717, 1.165) is 19.3 Å². The zero-order valence-corrected chi connectivity index (χ0v) is 11.6. The van der Waals surface area contributed by atoms with Crippen LogP contribution >= 0.6 is 11.6 Å².